The lowest BCUT2D eigenvalue weighted by atomic mass is 9.99. The molecule has 0 spiro atoms. The van der Waals surface area contributed by atoms with E-state index in [1.807, 2.05) is 0 Å². The SMILES string of the molecule is CC1CCN(C(=O)[C@H]2Sc3ccc(S(=O)(=O)NCc4ccccc4Cl)cc3NC2=O)CC1. The number of benzene rings is 2. The van der Waals surface area contributed by atoms with Gasteiger partial charge in [-0.2, -0.15) is 0 Å². The summed E-state index contributed by atoms with van der Waals surface area (Å²) >= 11 is 7.26. The Balaban J connectivity index is 1.47. The summed E-state index contributed by atoms with van der Waals surface area (Å²) in [5.41, 5.74) is 1.05. The molecule has 0 aliphatic carbocycles. The van der Waals surface area contributed by atoms with Crippen LogP contribution in [-0.4, -0.2) is 43.5 Å². The number of piperidine rings is 1. The molecule has 7 nitrogen and oxygen atoms in total. The fourth-order valence-corrected chi connectivity index (χ4v) is 6.00. The first kappa shape index (κ1) is 23.1. The molecule has 0 unspecified atom stereocenters. The normalized spacial score (nSPS) is 19.4. The minimum atomic E-state index is -3.82. The second kappa shape index (κ2) is 9.43. The molecule has 0 saturated carbocycles. The fraction of sp³-hybridized carbons (Fsp3) is 0.364. The number of fused-ring (bicyclic) bond motifs is 1. The number of rotatable bonds is 5. The maximum absolute atomic E-state index is 12.9. The third-order valence-corrected chi connectivity index (χ3v) is 8.76. The van der Waals surface area contributed by atoms with Crippen LogP contribution in [0.2, 0.25) is 5.02 Å². The van der Waals surface area contributed by atoms with Gasteiger partial charge in [-0.25, -0.2) is 13.1 Å². The molecule has 170 valence electrons. The van der Waals surface area contributed by atoms with Gasteiger partial charge < -0.3 is 10.2 Å². The van der Waals surface area contributed by atoms with E-state index in [0.717, 1.165) is 24.6 Å². The molecule has 4 rings (SSSR count). The number of thioether (sulfide) groups is 1. The predicted octanol–water partition coefficient (Wildman–Crippen LogP) is 3.49. The zero-order valence-electron chi connectivity index (χ0n) is 17.5. The summed E-state index contributed by atoms with van der Waals surface area (Å²) in [5.74, 6) is -0.0349. The zero-order valence-corrected chi connectivity index (χ0v) is 19.9. The first-order chi connectivity index (χ1) is 15.2. The average molecular weight is 494 g/mol. The number of nitrogens with zero attached hydrogens (tertiary/aromatic N) is 1. The van der Waals surface area contributed by atoms with Crippen LogP contribution < -0.4 is 10.0 Å². The third kappa shape index (κ3) is 4.96. The van der Waals surface area contributed by atoms with Crippen LogP contribution in [-0.2, 0) is 26.2 Å². The number of carbonyl (C=O) groups excluding carboxylic acids is 2. The molecule has 1 fully saturated rings. The van der Waals surface area contributed by atoms with E-state index in [-0.39, 0.29) is 17.3 Å². The summed E-state index contributed by atoms with van der Waals surface area (Å²) < 4.78 is 28.0. The number of amides is 2. The zero-order chi connectivity index (χ0) is 22.9. The number of likely N-dealkylation sites (tertiary alicyclic amines) is 1. The number of carbonyl (C=O) groups is 2. The summed E-state index contributed by atoms with van der Waals surface area (Å²) in [5, 5.41) is 2.32. The molecule has 2 heterocycles. The highest BCUT2D eigenvalue weighted by atomic mass is 35.5. The van der Waals surface area contributed by atoms with Crippen LogP contribution in [0.1, 0.15) is 25.3 Å². The smallest absolute Gasteiger partial charge is 0.247 e. The molecular formula is C22H24ClN3O4S2. The van der Waals surface area contributed by atoms with Crippen LogP contribution in [0.5, 0.6) is 0 Å². The van der Waals surface area contributed by atoms with Crippen LogP contribution in [0.25, 0.3) is 0 Å². The quantitative estimate of drug-likeness (QED) is 0.621. The Hall–Kier alpha value is -2.07. The van der Waals surface area contributed by atoms with E-state index >= 15 is 0 Å². The van der Waals surface area contributed by atoms with Crippen molar-refractivity contribution < 1.29 is 18.0 Å². The Morgan fingerprint density at radius 2 is 1.94 bits per heavy atom. The second-order valence-corrected chi connectivity index (χ2v) is 11.4. The Labute approximate surface area is 196 Å². The van der Waals surface area contributed by atoms with Gasteiger partial charge in [0.05, 0.1) is 10.6 Å². The molecular weight excluding hydrogens is 470 g/mol. The molecule has 10 heteroatoms. The molecule has 1 atom stereocenters. The first-order valence-electron chi connectivity index (χ1n) is 10.4. The molecule has 32 heavy (non-hydrogen) atoms. The van der Waals surface area contributed by atoms with Gasteiger partial charge in [0, 0.05) is 29.6 Å². The number of anilines is 1. The molecule has 2 aliphatic rings. The minimum Gasteiger partial charge on any atom is -0.341 e. The van der Waals surface area contributed by atoms with Crippen molar-refractivity contribution in [3.05, 3.63) is 53.1 Å². The molecule has 0 aromatic heterocycles. The molecule has 2 amide bonds. The van der Waals surface area contributed by atoms with E-state index in [4.69, 9.17) is 11.6 Å². The summed E-state index contributed by atoms with van der Waals surface area (Å²) in [6.07, 6.45) is 1.87. The Morgan fingerprint density at radius 1 is 1.22 bits per heavy atom. The lowest BCUT2D eigenvalue weighted by Crippen LogP contribution is -2.47. The van der Waals surface area contributed by atoms with Gasteiger partial charge in [0.2, 0.25) is 21.8 Å². The topological polar surface area (TPSA) is 95.6 Å². The Kier molecular flexibility index (Phi) is 6.80. The van der Waals surface area contributed by atoms with Crippen LogP contribution in [0.4, 0.5) is 5.69 Å². The van der Waals surface area contributed by atoms with Gasteiger partial charge in [0.25, 0.3) is 0 Å². The van der Waals surface area contributed by atoms with Crippen molar-refractivity contribution in [2.45, 2.75) is 41.4 Å². The van der Waals surface area contributed by atoms with Crippen molar-refractivity contribution >= 4 is 50.9 Å². The second-order valence-electron chi connectivity index (χ2n) is 8.07. The lowest BCUT2D eigenvalue weighted by molar-refractivity contribution is -0.135. The summed E-state index contributed by atoms with van der Waals surface area (Å²) in [6.45, 7) is 3.53. The van der Waals surface area contributed by atoms with Crippen molar-refractivity contribution in [2.24, 2.45) is 5.92 Å². The van der Waals surface area contributed by atoms with Crippen LogP contribution in [0.3, 0.4) is 0 Å². The summed E-state index contributed by atoms with van der Waals surface area (Å²) in [6, 6.07) is 11.5. The first-order valence-corrected chi connectivity index (χ1v) is 13.1. The Morgan fingerprint density at radius 3 is 2.66 bits per heavy atom. The van der Waals surface area contributed by atoms with Gasteiger partial charge in [-0.3, -0.25) is 9.59 Å². The van der Waals surface area contributed by atoms with E-state index in [9.17, 15) is 18.0 Å². The van der Waals surface area contributed by atoms with Gasteiger partial charge in [0.1, 0.15) is 0 Å². The van der Waals surface area contributed by atoms with Gasteiger partial charge in [-0.15, -0.1) is 11.8 Å². The summed E-state index contributed by atoms with van der Waals surface area (Å²) in [7, 11) is -3.82. The average Bonchev–Trinajstić information content (AvgIpc) is 2.78. The van der Waals surface area contributed by atoms with E-state index in [1.165, 1.54) is 12.1 Å². The molecule has 2 aliphatic heterocycles. The van der Waals surface area contributed by atoms with Gasteiger partial charge in [0.15, 0.2) is 5.25 Å². The molecule has 2 N–H and O–H groups in total. The highest BCUT2D eigenvalue weighted by molar-refractivity contribution is 8.01. The van der Waals surface area contributed by atoms with Crippen molar-refractivity contribution in [3.63, 3.8) is 0 Å². The maximum Gasteiger partial charge on any atom is 0.247 e. The number of hydrogen-bond donors (Lipinski definition) is 2. The fourth-order valence-electron chi connectivity index (χ4n) is 3.71. The van der Waals surface area contributed by atoms with E-state index < -0.39 is 21.2 Å². The molecule has 2 aromatic carbocycles. The standard InChI is InChI=1S/C22H24ClN3O4S2/c1-14-8-10-26(11-9-14)22(28)20-21(27)25-18-12-16(6-7-19(18)31-20)32(29,30)24-13-15-4-2-3-5-17(15)23/h2-7,12,14,20,24H,8-11,13H2,1H3,(H,25,27)/t20-/m0/s1. The summed E-state index contributed by atoms with van der Waals surface area (Å²) in [4.78, 5) is 28.0. The van der Waals surface area contributed by atoms with Gasteiger partial charge in [-0.1, -0.05) is 36.7 Å². The van der Waals surface area contributed by atoms with Gasteiger partial charge in [-0.05, 0) is 48.6 Å². The number of sulfonamides is 1. The number of halogens is 1. The van der Waals surface area contributed by atoms with E-state index in [1.54, 1.807) is 35.2 Å². The minimum absolute atomic E-state index is 0.0269. The molecule has 1 saturated heterocycles. The van der Waals surface area contributed by atoms with E-state index in [0.29, 0.717) is 40.2 Å². The molecule has 0 bridgehead atoms. The van der Waals surface area contributed by atoms with E-state index in [2.05, 4.69) is 17.0 Å². The maximum atomic E-state index is 12.9. The molecule has 0 radical (unpaired) electrons. The van der Waals surface area contributed by atoms with Crippen molar-refractivity contribution in [2.75, 3.05) is 18.4 Å². The largest absolute Gasteiger partial charge is 0.341 e. The highest BCUT2D eigenvalue weighted by Crippen LogP contribution is 2.38. The third-order valence-electron chi connectivity index (χ3n) is 5.73. The van der Waals surface area contributed by atoms with Gasteiger partial charge >= 0.3 is 0 Å². The van der Waals surface area contributed by atoms with Crippen molar-refractivity contribution in [3.8, 4) is 0 Å². The predicted molar refractivity (Wildman–Crippen MR) is 125 cm³/mol. The Bertz CT molecular complexity index is 1150. The number of nitrogens with one attached hydrogen (secondary N) is 2. The van der Waals surface area contributed by atoms with Crippen molar-refractivity contribution in [1.29, 1.82) is 0 Å². The van der Waals surface area contributed by atoms with Crippen LogP contribution in [0, 0.1) is 5.92 Å². The number of hydrogen-bond acceptors (Lipinski definition) is 5. The van der Waals surface area contributed by atoms with Crippen LogP contribution in [0.15, 0.2) is 52.3 Å². The van der Waals surface area contributed by atoms with Crippen LogP contribution >= 0.6 is 23.4 Å². The molecule has 2 aromatic rings. The monoisotopic (exact) mass is 493 g/mol. The van der Waals surface area contributed by atoms with Crippen molar-refractivity contribution in [1.82, 2.24) is 9.62 Å². The lowest BCUT2D eigenvalue weighted by Gasteiger charge is -2.33. The highest BCUT2D eigenvalue weighted by Gasteiger charge is 2.37.